The van der Waals surface area contributed by atoms with Crippen molar-refractivity contribution in [3.8, 4) is 11.8 Å². The molecule has 0 saturated heterocycles. The molecule has 0 aliphatic carbocycles. The molecule has 0 saturated carbocycles. The lowest BCUT2D eigenvalue weighted by atomic mass is 10.1. The Kier molecular flexibility index (Phi) is 4.75. The Morgan fingerprint density at radius 1 is 0.950 bits per heavy atom. The summed E-state index contributed by atoms with van der Waals surface area (Å²) in [6.45, 7) is 0. The Morgan fingerprint density at radius 2 is 1.60 bits per heavy atom. The number of rotatable bonds is 1. The molecule has 0 amide bonds. The van der Waals surface area contributed by atoms with E-state index in [0.29, 0.717) is 5.11 Å². The van der Waals surface area contributed by atoms with Crippen LogP contribution in [0.1, 0.15) is 11.1 Å². The average Bonchev–Trinajstić information content (AvgIpc) is 2.47. The number of anilines is 1. The van der Waals surface area contributed by atoms with Gasteiger partial charge in [0.15, 0.2) is 5.11 Å². The van der Waals surface area contributed by atoms with Crippen molar-refractivity contribution in [3.63, 3.8) is 0 Å². The molecule has 3 heteroatoms. The summed E-state index contributed by atoms with van der Waals surface area (Å²) in [6.07, 6.45) is 0. The van der Waals surface area contributed by atoms with Gasteiger partial charge in [0.05, 0.1) is 5.69 Å². The molecule has 2 nitrogen and oxygen atoms in total. The molecular weight excluding hydrogens is 264 g/mol. The summed E-state index contributed by atoms with van der Waals surface area (Å²) in [5, 5.41) is 3.87. The highest BCUT2D eigenvalue weighted by Crippen LogP contribution is 2.14. The number of hydrogen-bond acceptors (Lipinski definition) is 1. The van der Waals surface area contributed by atoms with E-state index in [1.165, 1.54) is 0 Å². The van der Waals surface area contributed by atoms with E-state index in [1.807, 2.05) is 73.6 Å². The van der Waals surface area contributed by atoms with Crippen molar-refractivity contribution in [1.82, 2.24) is 4.90 Å². The van der Waals surface area contributed by atoms with Gasteiger partial charge in [-0.2, -0.15) is 0 Å². The minimum atomic E-state index is 0.666. The normalized spacial score (nSPS) is 9.30. The van der Waals surface area contributed by atoms with Gasteiger partial charge >= 0.3 is 0 Å². The van der Waals surface area contributed by atoms with Crippen molar-refractivity contribution >= 4 is 23.0 Å². The molecule has 1 N–H and O–H groups in total. The predicted octanol–water partition coefficient (Wildman–Crippen LogP) is 3.34. The van der Waals surface area contributed by atoms with E-state index in [-0.39, 0.29) is 0 Å². The number of nitrogens with one attached hydrogen (secondary N) is 1. The summed E-state index contributed by atoms with van der Waals surface area (Å²) in [5.41, 5.74) is 2.85. The van der Waals surface area contributed by atoms with Gasteiger partial charge in [-0.3, -0.25) is 0 Å². The molecule has 0 bridgehead atoms. The first-order valence-corrected chi connectivity index (χ1v) is 6.72. The van der Waals surface area contributed by atoms with Crippen molar-refractivity contribution < 1.29 is 0 Å². The van der Waals surface area contributed by atoms with Crippen molar-refractivity contribution in [2.75, 3.05) is 19.4 Å². The maximum atomic E-state index is 5.26. The smallest absolute Gasteiger partial charge is 0.172 e. The van der Waals surface area contributed by atoms with Crippen LogP contribution in [-0.4, -0.2) is 24.1 Å². The summed E-state index contributed by atoms with van der Waals surface area (Å²) in [4.78, 5) is 1.86. The van der Waals surface area contributed by atoms with E-state index in [4.69, 9.17) is 12.2 Å². The van der Waals surface area contributed by atoms with Gasteiger partial charge < -0.3 is 10.2 Å². The predicted molar refractivity (Wildman–Crippen MR) is 88.8 cm³/mol. The summed E-state index contributed by atoms with van der Waals surface area (Å²) in [5.74, 6) is 6.34. The van der Waals surface area contributed by atoms with Crippen LogP contribution in [0.25, 0.3) is 0 Å². The highest BCUT2D eigenvalue weighted by molar-refractivity contribution is 7.80. The molecule has 20 heavy (non-hydrogen) atoms. The third-order valence-corrected chi connectivity index (χ3v) is 3.16. The standard InChI is InChI=1S/C17H16N2S/c1-19(2)17(20)18-16-11-7-6-10-15(16)13-12-14-8-4-3-5-9-14/h3-11H,1-2H3,(H,18,20). The Bertz CT molecular complexity index is 651. The topological polar surface area (TPSA) is 15.3 Å². The van der Waals surface area contributed by atoms with Crippen molar-refractivity contribution in [2.24, 2.45) is 0 Å². The number of para-hydroxylation sites is 1. The summed E-state index contributed by atoms with van der Waals surface area (Å²) in [6, 6.07) is 17.8. The molecule has 2 aromatic carbocycles. The molecule has 0 fully saturated rings. The van der Waals surface area contributed by atoms with Crippen LogP contribution < -0.4 is 5.32 Å². The van der Waals surface area contributed by atoms with Crippen molar-refractivity contribution in [3.05, 3.63) is 65.7 Å². The Balaban J connectivity index is 2.25. The largest absolute Gasteiger partial charge is 0.355 e. The average molecular weight is 280 g/mol. The summed E-state index contributed by atoms with van der Waals surface area (Å²) < 4.78 is 0. The van der Waals surface area contributed by atoms with E-state index in [2.05, 4.69) is 17.2 Å². The summed E-state index contributed by atoms with van der Waals surface area (Å²) in [7, 11) is 3.82. The monoisotopic (exact) mass is 280 g/mol. The third kappa shape index (κ3) is 3.84. The van der Waals surface area contributed by atoms with Gasteiger partial charge in [-0.25, -0.2) is 0 Å². The number of benzene rings is 2. The zero-order chi connectivity index (χ0) is 14.4. The molecule has 0 heterocycles. The van der Waals surface area contributed by atoms with Crippen LogP contribution in [0, 0.1) is 11.8 Å². The second-order valence-electron chi connectivity index (χ2n) is 4.49. The zero-order valence-corrected chi connectivity index (χ0v) is 12.4. The van der Waals surface area contributed by atoms with Gasteiger partial charge in [-0.15, -0.1) is 0 Å². The lowest BCUT2D eigenvalue weighted by molar-refractivity contribution is 0.634. The second-order valence-corrected chi connectivity index (χ2v) is 4.87. The van der Waals surface area contributed by atoms with Gasteiger partial charge in [-0.1, -0.05) is 42.2 Å². The van der Waals surface area contributed by atoms with Gasteiger partial charge in [0, 0.05) is 25.2 Å². The van der Waals surface area contributed by atoms with Crippen LogP contribution >= 0.6 is 12.2 Å². The van der Waals surface area contributed by atoms with Crippen molar-refractivity contribution in [2.45, 2.75) is 0 Å². The van der Waals surface area contributed by atoms with Gasteiger partial charge in [-0.05, 0) is 36.5 Å². The van der Waals surface area contributed by atoms with Crippen LogP contribution in [-0.2, 0) is 0 Å². The SMILES string of the molecule is CN(C)C(=S)Nc1ccccc1C#Cc1ccccc1. The Hall–Kier alpha value is -2.31. The maximum absolute atomic E-state index is 5.26. The zero-order valence-electron chi connectivity index (χ0n) is 11.6. The Labute approximate surface area is 125 Å². The van der Waals surface area contributed by atoms with Crippen LogP contribution in [0.3, 0.4) is 0 Å². The van der Waals surface area contributed by atoms with E-state index >= 15 is 0 Å². The van der Waals surface area contributed by atoms with Crippen LogP contribution in [0.4, 0.5) is 5.69 Å². The van der Waals surface area contributed by atoms with Gasteiger partial charge in [0.2, 0.25) is 0 Å². The van der Waals surface area contributed by atoms with Crippen LogP contribution in [0.15, 0.2) is 54.6 Å². The lowest BCUT2D eigenvalue weighted by Gasteiger charge is -2.16. The molecule has 2 aromatic rings. The number of thiocarbonyl (C=S) groups is 1. The first-order chi connectivity index (χ1) is 9.66. The minimum absolute atomic E-state index is 0.666. The number of nitrogens with zero attached hydrogens (tertiary/aromatic N) is 1. The van der Waals surface area contributed by atoms with Gasteiger partial charge in [0.25, 0.3) is 0 Å². The quantitative estimate of drug-likeness (QED) is 0.637. The highest BCUT2D eigenvalue weighted by Gasteiger charge is 2.02. The molecule has 0 unspecified atom stereocenters. The van der Waals surface area contributed by atoms with E-state index in [1.54, 1.807) is 0 Å². The molecule has 0 atom stereocenters. The first-order valence-electron chi connectivity index (χ1n) is 6.31. The van der Waals surface area contributed by atoms with Gasteiger partial charge in [0.1, 0.15) is 0 Å². The molecule has 0 aliphatic rings. The summed E-state index contributed by atoms with van der Waals surface area (Å²) >= 11 is 5.26. The molecule has 0 radical (unpaired) electrons. The fourth-order valence-corrected chi connectivity index (χ4v) is 1.70. The molecule has 0 aromatic heterocycles. The molecular formula is C17H16N2S. The van der Waals surface area contributed by atoms with E-state index in [9.17, 15) is 0 Å². The molecule has 0 spiro atoms. The molecule has 0 aliphatic heterocycles. The first kappa shape index (κ1) is 14.1. The molecule has 2 rings (SSSR count). The third-order valence-electron chi connectivity index (χ3n) is 2.69. The highest BCUT2D eigenvalue weighted by atomic mass is 32.1. The molecule has 100 valence electrons. The maximum Gasteiger partial charge on any atom is 0.172 e. The Morgan fingerprint density at radius 3 is 2.30 bits per heavy atom. The van der Waals surface area contributed by atoms with E-state index in [0.717, 1.165) is 16.8 Å². The van der Waals surface area contributed by atoms with Crippen molar-refractivity contribution in [1.29, 1.82) is 0 Å². The van der Waals surface area contributed by atoms with Crippen LogP contribution in [0.2, 0.25) is 0 Å². The fourth-order valence-electron chi connectivity index (χ4n) is 1.59. The minimum Gasteiger partial charge on any atom is -0.355 e. The second kappa shape index (κ2) is 6.74. The van der Waals surface area contributed by atoms with E-state index < -0.39 is 0 Å². The lowest BCUT2D eigenvalue weighted by Crippen LogP contribution is -2.27. The number of hydrogen-bond donors (Lipinski definition) is 1. The fraction of sp³-hybridized carbons (Fsp3) is 0.118. The van der Waals surface area contributed by atoms with Crippen LogP contribution in [0.5, 0.6) is 0 Å².